The summed E-state index contributed by atoms with van der Waals surface area (Å²) in [6, 6.07) is 17.1. The number of carbonyl (C=O) groups excluding carboxylic acids is 2. The Kier molecular flexibility index (Phi) is 12.6. The molecule has 9 nitrogen and oxygen atoms in total. The second-order valence-electron chi connectivity index (χ2n) is 11.0. The highest BCUT2D eigenvalue weighted by molar-refractivity contribution is 5.91. The van der Waals surface area contributed by atoms with Crippen molar-refractivity contribution in [3.8, 4) is 0 Å². The molecule has 3 rings (SSSR count). The van der Waals surface area contributed by atoms with Crippen molar-refractivity contribution >= 4 is 22.9 Å². The highest BCUT2D eigenvalue weighted by Gasteiger charge is 2.38. The second-order valence-corrected chi connectivity index (χ2v) is 11.0. The Morgan fingerprint density at radius 2 is 1.76 bits per heavy atom. The molecule has 3 N–H and O–H groups in total. The molecule has 0 radical (unpaired) electrons. The minimum atomic E-state index is -1.33. The first-order chi connectivity index (χ1) is 19.8. The molecule has 0 aliphatic heterocycles. The molecule has 3 aromatic rings. The van der Waals surface area contributed by atoms with Gasteiger partial charge in [0.1, 0.15) is 11.6 Å². The number of nitrogens with zero attached hydrogens (tertiary/aromatic N) is 3. The largest absolute Gasteiger partial charge is 0.447 e. The lowest BCUT2D eigenvalue weighted by Crippen LogP contribution is -2.60. The van der Waals surface area contributed by atoms with Crippen LogP contribution in [-0.4, -0.2) is 41.2 Å². The molecule has 3 unspecified atom stereocenters. The first-order valence-electron chi connectivity index (χ1n) is 14.7. The van der Waals surface area contributed by atoms with Crippen LogP contribution in [0.3, 0.4) is 0 Å². The van der Waals surface area contributed by atoms with Gasteiger partial charge in [-0.2, -0.15) is 0 Å². The fourth-order valence-corrected chi connectivity index (χ4v) is 5.09. The van der Waals surface area contributed by atoms with Crippen LogP contribution < -0.4 is 10.6 Å². The van der Waals surface area contributed by atoms with Crippen molar-refractivity contribution in [3.05, 3.63) is 82.4 Å². The van der Waals surface area contributed by atoms with E-state index in [1.165, 1.54) is 25.7 Å². The highest BCUT2D eigenvalue weighted by Crippen LogP contribution is 2.24. The van der Waals surface area contributed by atoms with Crippen LogP contribution in [0.25, 0.3) is 21.3 Å². The number of aromatic nitrogens is 1. The minimum Gasteiger partial charge on any atom is -0.447 e. The lowest BCUT2D eigenvalue weighted by molar-refractivity contribution is -0.127. The van der Waals surface area contributed by atoms with E-state index < -0.39 is 17.7 Å². The zero-order valence-corrected chi connectivity index (χ0v) is 24.6. The number of hydrogen-bond acceptors (Lipinski definition) is 4. The molecule has 1 heterocycles. The first-order valence-corrected chi connectivity index (χ1v) is 14.7. The third kappa shape index (κ3) is 10.2. The fraction of sp³-hybridized carbons (Fsp3) is 0.500. The normalized spacial score (nSPS) is 13.9. The third-order valence-corrected chi connectivity index (χ3v) is 7.40. The molecule has 220 valence electrons. The van der Waals surface area contributed by atoms with E-state index in [9.17, 15) is 9.59 Å². The molecule has 0 saturated heterocycles. The number of para-hydroxylation sites is 1. The van der Waals surface area contributed by atoms with Gasteiger partial charge in [0.15, 0.2) is 0 Å². The quantitative estimate of drug-likeness (QED) is 0.0689. The number of unbranched alkanes of at least 4 members (excludes halogenated alkanes) is 5. The smallest absolute Gasteiger partial charge is 0.408 e. The summed E-state index contributed by atoms with van der Waals surface area (Å²) in [6.07, 6.45) is 9.46. The summed E-state index contributed by atoms with van der Waals surface area (Å²) in [7, 11) is 0. The van der Waals surface area contributed by atoms with Crippen LogP contribution in [0.2, 0.25) is 0 Å². The lowest BCUT2D eigenvalue weighted by atomic mass is 9.91. The fourth-order valence-electron chi connectivity index (χ4n) is 5.09. The molecule has 2 amide bonds. The predicted molar refractivity (Wildman–Crippen MR) is 164 cm³/mol. The summed E-state index contributed by atoms with van der Waals surface area (Å²) in [5, 5.41) is 10.6. The Labute approximate surface area is 243 Å². The maximum atomic E-state index is 13.9. The predicted octanol–water partition coefficient (Wildman–Crippen LogP) is 7.37. The summed E-state index contributed by atoms with van der Waals surface area (Å²) >= 11 is 0. The molecule has 0 saturated carbocycles. The molecule has 0 aliphatic carbocycles. The number of benzene rings is 2. The van der Waals surface area contributed by atoms with Gasteiger partial charge in [-0.15, -0.1) is 0 Å². The van der Waals surface area contributed by atoms with Gasteiger partial charge >= 0.3 is 6.09 Å². The van der Waals surface area contributed by atoms with E-state index in [2.05, 4.69) is 32.6 Å². The molecule has 0 bridgehead atoms. The zero-order chi connectivity index (χ0) is 29.5. The monoisotopic (exact) mass is 560 g/mol. The van der Waals surface area contributed by atoms with Gasteiger partial charge in [0.25, 0.3) is 0 Å². The van der Waals surface area contributed by atoms with Gasteiger partial charge in [-0.3, -0.25) is 4.79 Å². The van der Waals surface area contributed by atoms with Crippen molar-refractivity contribution in [2.24, 2.45) is 5.11 Å². The third-order valence-electron chi connectivity index (χ3n) is 7.40. The van der Waals surface area contributed by atoms with Crippen LogP contribution in [0, 0.1) is 0 Å². The van der Waals surface area contributed by atoms with E-state index in [-0.39, 0.29) is 25.0 Å². The number of amides is 2. The number of nitrogens with one attached hydrogen (secondary N) is 3. The minimum absolute atomic E-state index is 0.0834. The number of alkyl carbamates (subject to hydrolysis) is 1. The van der Waals surface area contributed by atoms with Crippen molar-refractivity contribution in [1.82, 2.24) is 15.6 Å². The van der Waals surface area contributed by atoms with Crippen LogP contribution in [0.15, 0.2) is 65.9 Å². The number of hydrogen-bond donors (Lipinski definition) is 3. The Bertz CT molecular complexity index is 1290. The molecule has 41 heavy (non-hydrogen) atoms. The van der Waals surface area contributed by atoms with E-state index in [1.54, 1.807) is 6.92 Å². The SMILES string of the molecule is CCCCCCCCC(C)OC(=O)NC(C)(Cc1c[nH]c2ccccc12)C(=O)NC(CN=[N+]=[N-])Cc1ccccc1. The van der Waals surface area contributed by atoms with Gasteiger partial charge in [-0.1, -0.05) is 92.7 Å². The molecular formula is C32H44N6O3. The molecule has 0 aliphatic rings. The Balaban J connectivity index is 1.74. The van der Waals surface area contributed by atoms with E-state index >= 15 is 0 Å². The van der Waals surface area contributed by atoms with Gasteiger partial charge < -0.3 is 20.4 Å². The standard InChI is InChI=1S/C32H44N6O3/c1-4-5-6-7-8-10-15-24(2)41-31(40)37-32(3,21-26-22-34-29-19-14-13-18-28(26)29)30(39)36-27(23-35-38-33)20-25-16-11-9-12-17-25/h9,11-14,16-19,22,24,27,34H,4-8,10,15,20-21,23H2,1-3H3,(H,36,39)(H,37,40). The van der Waals surface area contributed by atoms with Crippen molar-refractivity contribution in [1.29, 1.82) is 0 Å². The van der Waals surface area contributed by atoms with Crippen LogP contribution in [-0.2, 0) is 22.4 Å². The molecule has 0 spiro atoms. The first kappa shape index (κ1) is 31.6. The van der Waals surface area contributed by atoms with Gasteiger partial charge in [-0.25, -0.2) is 4.79 Å². The summed E-state index contributed by atoms with van der Waals surface area (Å²) in [5.74, 6) is -0.377. The number of carbonyl (C=O) groups is 2. The van der Waals surface area contributed by atoms with Crippen molar-refractivity contribution in [2.45, 2.75) is 96.2 Å². The van der Waals surface area contributed by atoms with Crippen molar-refractivity contribution in [3.63, 3.8) is 0 Å². The molecule has 9 heteroatoms. The Morgan fingerprint density at radius 1 is 1.05 bits per heavy atom. The number of aromatic amines is 1. The molecule has 2 aromatic carbocycles. The van der Waals surface area contributed by atoms with E-state index in [4.69, 9.17) is 10.3 Å². The number of fused-ring (bicyclic) bond motifs is 1. The molecule has 1 aromatic heterocycles. The second kappa shape index (κ2) is 16.3. The summed E-state index contributed by atoms with van der Waals surface area (Å²) in [4.78, 5) is 33.1. The molecular weight excluding hydrogens is 516 g/mol. The average molecular weight is 561 g/mol. The van der Waals surface area contributed by atoms with Crippen LogP contribution >= 0.6 is 0 Å². The van der Waals surface area contributed by atoms with Crippen LogP contribution in [0.5, 0.6) is 0 Å². The van der Waals surface area contributed by atoms with Gasteiger partial charge in [-0.05, 0) is 55.8 Å². The van der Waals surface area contributed by atoms with E-state index in [0.29, 0.717) is 6.42 Å². The van der Waals surface area contributed by atoms with E-state index in [0.717, 1.165) is 41.3 Å². The number of azide groups is 1. The van der Waals surface area contributed by atoms with Gasteiger partial charge in [0, 0.05) is 41.0 Å². The van der Waals surface area contributed by atoms with Gasteiger partial charge in [0.2, 0.25) is 5.91 Å². The zero-order valence-electron chi connectivity index (χ0n) is 24.6. The summed E-state index contributed by atoms with van der Waals surface area (Å²) < 4.78 is 5.69. The van der Waals surface area contributed by atoms with Crippen LogP contribution in [0.4, 0.5) is 4.79 Å². The number of ether oxygens (including phenoxy) is 1. The Hall–Kier alpha value is -3.97. The summed E-state index contributed by atoms with van der Waals surface area (Å²) in [5.41, 5.74) is 10.5. The molecule has 3 atom stereocenters. The Morgan fingerprint density at radius 3 is 2.51 bits per heavy atom. The summed E-state index contributed by atoms with van der Waals surface area (Å²) in [6.45, 7) is 5.88. The topological polar surface area (TPSA) is 132 Å². The highest BCUT2D eigenvalue weighted by atomic mass is 16.6. The number of H-pyrrole nitrogens is 1. The van der Waals surface area contributed by atoms with Crippen molar-refractivity contribution < 1.29 is 14.3 Å². The van der Waals surface area contributed by atoms with Crippen LogP contribution in [0.1, 0.15) is 76.8 Å². The number of rotatable bonds is 17. The average Bonchev–Trinajstić information content (AvgIpc) is 3.36. The maximum absolute atomic E-state index is 13.9. The van der Waals surface area contributed by atoms with Crippen molar-refractivity contribution in [2.75, 3.05) is 6.54 Å². The van der Waals surface area contributed by atoms with E-state index in [1.807, 2.05) is 67.7 Å². The maximum Gasteiger partial charge on any atom is 0.408 e. The molecule has 0 fully saturated rings. The lowest BCUT2D eigenvalue weighted by Gasteiger charge is -2.32. The van der Waals surface area contributed by atoms with Gasteiger partial charge in [0.05, 0.1) is 0 Å².